The van der Waals surface area contributed by atoms with Crippen molar-refractivity contribution in [2.45, 2.75) is 24.3 Å². The van der Waals surface area contributed by atoms with Gasteiger partial charge < -0.3 is 0 Å². The molecule has 28 heavy (non-hydrogen) atoms. The van der Waals surface area contributed by atoms with Gasteiger partial charge in [-0.1, -0.05) is 54.6 Å². The lowest BCUT2D eigenvalue weighted by Gasteiger charge is -2.34. The molecule has 1 heterocycles. The van der Waals surface area contributed by atoms with Crippen molar-refractivity contribution in [2.75, 3.05) is 26.2 Å². The van der Waals surface area contributed by atoms with Gasteiger partial charge in [0.05, 0.1) is 4.90 Å². The van der Waals surface area contributed by atoms with Crippen LogP contribution in [-0.4, -0.2) is 43.8 Å². The first-order valence-electron chi connectivity index (χ1n) is 9.93. The maximum Gasteiger partial charge on any atom is 0.243 e. The number of aryl methyl sites for hydroxylation is 2. The lowest BCUT2D eigenvalue weighted by Crippen LogP contribution is -2.48. The van der Waals surface area contributed by atoms with Gasteiger partial charge in [-0.05, 0) is 41.0 Å². The number of sulfonamides is 1. The largest absolute Gasteiger partial charge is 0.296 e. The molecule has 0 unspecified atom stereocenters. The number of piperazine rings is 1. The van der Waals surface area contributed by atoms with Gasteiger partial charge in [-0.15, -0.1) is 0 Å². The van der Waals surface area contributed by atoms with Crippen LogP contribution in [-0.2, 0) is 29.4 Å². The van der Waals surface area contributed by atoms with E-state index >= 15 is 0 Å². The van der Waals surface area contributed by atoms with E-state index in [1.165, 1.54) is 16.7 Å². The Balaban J connectivity index is 1.38. The summed E-state index contributed by atoms with van der Waals surface area (Å²) >= 11 is 0. The summed E-state index contributed by atoms with van der Waals surface area (Å²) in [6.45, 7) is 3.47. The molecule has 144 valence electrons. The zero-order chi connectivity index (χ0) is 19.1. The van der Waals surface area contributed by atoms with Crippen LogP contribution in [0.3, 0.4) is 0 Å². The monoisotopic (exact) mass is 392 g/mol. The summed E-state index contributed by atoms with van der Waals surface area (Å²) in [6.07, 6.45) is 2.02. The SMILES string of the molecule is O=S(=O)(c1ccc2c3c(cccc13)CC2)N1CCN(Cc2ccccc2)CC1. The lowest BCUT2D eigenvalue weighted by molar-refractivity contribution is 0.181. The minimum absolute atomic E-state index is 0.464. The fraction of sp³-hybridized carbons (Fsp3) is 0.304. The average molecular weight is 393 g/mol. The van der Waals surface area contributed by atoms with Gasteiger partial charge in [0.15, 0.2) is 0 Å². The molecule has 1 aliphatic heterocycles. The van der Waals surface area contributed by atoms with Gasteiger partial charge in [0.1, 0.15) is 0 Å². The number of rotatable bonds is 4. The van der Waals surface area contributed by atoms with Crippen LogP contribution in [0.2, 0.25) is 0 Å². The van der Waals surface area contributed by atoms with Crippen LogP contribution in [0.15, 0.2) is 65.6 Å². The van der Waals surface area contributed by atoms with Gasteiger partial charge in [-0.2, -0.15) is 4.31 Å². The minimum Gasteiger partial charge on any atom is -0.296 e. The molecule has 3 aromatic rings. The third-order valence-electron chi connectivity index (χ3n) is 6.03. The van der Waals surface area contributed by atoms with Crippen molar-refractivity contribution < 1.29 is 8.42 Å². The predicted molar refractivity (Wildman–Crippen MR) is 112 cm³/mol. The van der Waals surface area contributed by atoms with E-state index < -0.39 is 10.0 Å². The molecule has 1 aliphatic carbocycles. The highest BCUT2D eigenvalue weighted by molar-refractivity contribution is 7.89. The number of nitrogens with zero attached hydrogens (tertiary/aromatic N) is 2. The van der Waals surface area contributed by atoms with Crippen LogP contribution in [0, 0.1) is 0 Å². The van der Waals surface area contributed by atoms with Gasteiger partial charge >= 0.3 is 0 Å². The molecule has 1 fully saturated rings. The van der Waals surface area contributed by atoms with E-state index in [2.05, 4.69) is 23.1 Å². The third-order valence-corrected chi connectivity index (χ3v) is 7.99. The molecular formula is C23H24N2O2S. The molecule has 5 rings (SSSR count). The van der Waals surface area contributed by atoms with Crippen molar-refractivity contribution in [1.82, 2.24) is 9.21 Å². The second-order valence-corrected chi connectivity index (χ2v) is 9.63. The van der Waals surface area contributed by atoms with Gasteiger partial charge in [-0.25, -0.2) is 8.42 Å². The van der Waals surface area contributed by atoms with E-state index in [0.29, 0.717) is 18.0 Å². The Bertz CT molecular complexity index is 1110. The normalized spacial score (nSPS) is 18.0. The molecule has 0 atom stereocenters. The fourth-order valence-corrected chi connectivity index (χ4v) is 6.16. The number of benzene rings is 3. The van der Waals surface area contributed by atoms with Crippen LogP contribution in [0.25, 0.3) is 10.8 Å². The average Bonchev–Trinajstić information content (AvgIpc) is 3.14. The first-order valence-corrected chi connectivity index (χ1v) is 11.4. The standard InChI is InChI=1S/C23H24N2O2S/c26-28(27,22-12-11-20-10-9-19-7-4-8-21(22)23(19)20)25-15-13-24(14-16-25)17-18-5-2-1-3-6-18/h1-8,11-12H,9-10,13-17H2. The predicted octanol–water partition coefficient (Wildman–Crippen LogP) is 3.44. The highest BCUT2D eigenvalue weighted by Gasteiger charge is 2.31. The highest BCUT2D eigenvalue weighted by Crippen LogP contribution is 2.35. The van der Waals surface area contributed by atoms with Gasteiger partial charge in [0.25, 0.3) is 0 Å². The fourth-order valence-electron chi connectivity index (χ4n) is 4.55. The van der Waals surface area contributed by atoms with Crippen molar-refractivity contribution in [3.05, 3.63) is 77.4 Å². The van der Waals surface area contributed by atoms with Crippen LogP contribution >= 0.6 is 0 Å². The Labute approximate surface area is 166 Å². The second-order valence-electron chi connectivity index (χ2n) is 7.73. The van der Waals surface area contributed by atoms with E-state index in [1.54, 1.807) is 4.31 Å². The number of hydrogen-bond donors (Lipinski definition) is 0. The lowest BCUT2D eigenvalue weighted by atomic mass is 10.1. The molecule has 1 saturated heterocycles. The van der Waals surface area contributed by atoms with Crippen molar-refractivity contribution >= 4 is 20.8 Å². The van der Waals surface area contributed by atoms with E-state index in [1.807, 2.05) is 42.5 Å². The van der Waals surface area contributed by atoms with Crippen LogP contribution in [0.5, 0.6) is 0 Å². The molecule has 0 bridgehead atoms. The summed E-state index contributed by atoms with van der Waals surface area (Å²) in [5.41, 5.74) is 3.82. The Morgan fingerprint density at radius 3 is 2.21 bits per heavy atom. The Hall–Kier alpha value is -2.21. The van der Waals surface area contributed by atoms with Crippen molar-refractivity contribution in [2.24, 2.45) is 0 Å². The summed E-state index contributed by atoms with van der Waals surface area (Å²) < 4.78 is 28.5. The molecule has 2 aliphatic rings. The van der Waals surface area contributed by atoms with Gasteiger partial charge in [0.2, 0.25) is 10.0 Å². The Morgan fingerprint density at radius 1 is 0.750 bits per heavy atom. The van der Waals surface area contributed by atoms with E-state index in [9.17, 15) is 8.42 Å². The zero-order valence-electron chi connectivity index (χ0n) is 15.8. The molecule has 4 nitrogen and oxygen atoms in total. The first-order chi connectivity index (χ1) is 13.6. The first kappa shape index (κ1) is 17.9. The molecular weight excluding hydrogens is 368 g/mol. The summed E-state index contributed by atoms with van der Waals surface area (Å²) in [5.74, 6) is 0. The van der Waals surface area contributed by atoms with E-state index in [-0.39, 0.29) is 0 Å². The molecule has 0 spiro atoms. The smallest absolute Gasteiger partial charge is 0.243 e. The topological polar surface area (TPSA) is 40.6 Å². The Morgan fingerprint density at radius 2 is 1.46 bits per heavy atom. The summed E-state index contributed by atoms with van der Waals surface area (Å²) in [7, 11) is -3.48. The Kier molecular flexibility index (Phi) is 4.46. The van der Waals surface area contributed by atoms with Crippen molar-refractivity contribution in [3.8, 4) is 0 Å². The van der Waals surface area contributed by atoms with Gasteiger partial charge in [-0.3, -0.25) is 4.90 Å². The van der Waals surface area contributed by atoms with Crippen LogP contribution < -0.4 is 0 Å². The van der Waals surface area contributed by atoms with E-state index in [0.717, 1.165) is 43.2 Å². The van der Waals surface area contributed by atoms with Crippen molar-refractivity contribution in [1.29, 1.82) is 0 Å². The molecule has 0 N–H and O–H groups in total. The second kappa shape index (κ2) is 6.99. The van der Waals surface area contributed by atoms with Crippen LogP contribution in [0.1, 0.15) is 16.7 Å². The summed E-state index contributed by atoms with van der Waals surface area (Å²) in [5, 5.41) is 2.05. The molecule has 5 heteroatoms. The number of hydrogen-bond acceptors (Lipinski definition) is 3. The molecule has 0 saturated carbocycles. The maximum absolute atomic E-state index is 13.4. The quantitative estimate of drug-likeness (QED) is 0.683. The van der Waals surface area contributed by atoms with E-state index in [4.69, 9.17) is 0 Å². The van der Waals surface area contributed by atoms with Crippen molar-refractivity contribution in [3.63, 3.8) is 0 Å². The molecule has 0 radical (unpaired) electrons. The molecule has 0 aromatic heterocycles. The van der Waals surface area contributed by atoms with Gasteiger partial charge in [0, 0.05) is 38.1 Å². The minimum atomic E-state index is -3.48. The maximum atomic E-state index is 13.4. The highest BCUT2D eigenvalue weighted by atomic mass is 32.2. The molecule has 3 aromatic carbocycles. The van der Waals surface area contributed by atoms with Crippen LogP contribution in [0.4, 0.5) is 0 Å². The zero-order valence-corrected chi connectivity index (χ0v) is 16.7. The summed E-state index contributed by atoms with van der Waals surface area (Å²) in [4.78, 5) is 2.79. The summed E-state index contributed by atoms with van der Waals surface area (Å²) in [6, 6.07) is 20.3. The molecule has 0 amide bonds. The third kappa shape index (κ3) is 3.04.